The summed E-state index contributed by atoms with van der Waals surface area (Å²) in [5.41, 5.74) is 0. The Hall–Kier alpha value is -0.730. The molecule has 0 aromatic heterocycles. The van der Waals surface area contributed by atoms with E-state index in [0.29, 0.717) is 6.61 Å². The lowest BCUT2D eigenvalue weighted by atomic mass is 9.94. The number of aliphatic hydroxyl groups is 1. The zero-order valence-electron chi connectivity index (χ0n) is 14.6. The lowest BCUT2D eigenvalue weighted by molar-refractivity contribution is -0.216. The molecule has 0 aromatic carbocycles. The zero-order chi connectivity index (χ0) is 17.3. The van der Waals surface area contributed by atoms with Gasteiger partial charge in [0, 0.05) is 25.7 Å². The van der Waals surface area contributed by atoms with Crippen LogP contribution in [0.3, 0.4) is 0 Å². The maximum Gasteiger partial charge on any atom is 0.169 e. The quantitative estimate of drug-likeness (QED) is 0.459. The molecule has 142 valence electrons. The smallest absolute Gasteiger partial charge is 0.169 e. The first-order valence-corrected chi connectivity index (χ1v) is 9.68. The van der Waals surface area contributed by atoms with Crippen molar-refractivity contribution in [2.75, 3.05) is 6.61 Å². The summed E-state index contributed by atoms with van der Waals surface area (Å²) in [5.74, 6) is -1.20. The van der Waals surface area contributed by atoms with Gasteiger partial charge in [0.2, 0.25) is 0 Å². The van der Waals surface area contributed by atoms with Crippen molar-refractivity contribution in [1.29, 1.82) is 0 Å². The van der Waals surface area contributed by atoms with E-state index in [2.05, 4.69) is 5.16 Å². The third kappa shape index (κ3) is 3.45. The van der Waals surface area contributed by atoms with Crippen LogP contribution >= 0.6 is 0 Å². The van der Waals surface area contributed by atoms with Crippen LogP contribution in [0.1, 0.15) is 64.2 Å². The van der Waals surface area contributed by atoms with Crippen LogP contribution in [0.25, 0.3) is 0 Å². The first-order valence-electron chi connectivity index (χ1n) is 9.68. The SMILES string of the molecule is O/N=C/[C@H]1OC2(CCCCC2)O[C@H]1[C@H](O)[C@H]1COC2(CCCCC2)O1. The third-order valence-electron chi connectivity index (χ3n) is 6.06. The summed E-state index contributed by atoms with van der Waals surface area (Å²) in [6.07, 6.45) is 8.80. The molecule has 2 saturated carbocycles. The van der Waals surface area contributed by atoms with E-state index in [9.17, 15) is 5.11 Å². The molecule has 2 aliphatic carbocycles. The maximum atomic E-state index is 10.9. The Kier molecular flexibility index (Phi) is 5.03. The fourth-order valence-electron chi connectivity index (χ4n) is 4.74. The van der Waals surface area contributed by atoms with Crippen LogP contribution in [0.2, 0.25) is 0 Å². The highest BCUT2D eigenvalue weighted by Crippen LogP contribution is 2.43. The summed E-state index contributed by atoms with van der Waals surface area (Å²) in [6.45, 7) is 0.358. The number of hydrogen-bond acceptors (Lipinski definition) is 7. The summed E-state index contributed by atoms with van der Waals surface area (Å²) >= 11 is 0. The summed E-state index contributed by atoms with van der Waals surface area (Å²) in [5, 5.41) is 23.0. The third-order valence-corrected chi connectivity index (χ3v) is 6.06. The van der Waals surface area contributed by atoms with Crippen molar-refractivity contribution in [3.05, 3.63) is 0 Å². The molecule has 7 nitrogen and oxygen atoms in total. The van der Waals surface area contributed by atoms with Crippen molar-refractivity contribution in [3.63, 3.8) is 0 Å². The van der Waals surface area contributed by atoms with Crippen LogP contribution in [0.4, 0.5) is 0 Å². The predicted octanol–water partition coefficient (Wildman–Crippen LogP) is 2.33. The van der Waals surface area contributed by atoms with E-state index in [0.717, 1.165) is 51.4 Å². The van der Waals surface area contributed by atoms with Gasteiger partial charge in [-0.2, -0.15) is 0 Å². The Morgan fingerprint density at radius 3 is 2.16 bits per heavy atom. The van der Waals surface area contributed by atoms with E-state index in [1.54, 1.807) is 0 Å². The lowest BCUT2D eigenvalue weighted by Gasteiger charge is -2.34. The Morgan fingerprint density at radius 1 is 0.880 bits per heavy atom. The molecular formula is C18H29NO6. The van der Waals surface area contributed by atoms with Crippen LogP contribution in [-0.2, 0) is 18.9 Å². The fraction of sp³-hybridized carbons (Fsp3) is 0.944. The maximum absolute atomic E-state index is 10.9. The minimum atomic E-state index is -0.884. The summed E-state index contributed by atoms with van der Waals surface area (Å²) in [4.78, 5) is 0. The number of oxime groups is 1. The minimum Gasteiger partial charge on any atom is -0.411 e. The van der Waals surface area contributed by atoms with Crippen LogP contribution in [0.15, 0.2) is 5.16 Å². The van der Waals surface area contributed by atoms with E-state index in [4.69, 9.17) is 24.2 Å². The molecule has 0 aromatic rings. The van der Waals surface area contributed by atoms with E-state index in [1.807, 2.05) is 0 Å². The Balaban J connectivity index is 1.45. The van der Waals surface area contributed by atoms with Crippen molar-refractivity contribution in [2.24, 2.45) is 5.16 Å². The molecule has 7 heteroatoms. The molecule has 2 heterocycles. The number of hydrogen-bond donors (Lipinski definition) is 2. The molecule has 25 heavy (non-hydrogen) atoms. The molecule has 4 fully saturated rings. The molecule has 0 unspecified atom stereocenters. The molecule has 2 spiro atoms. The Labute approximate surface area is 148 Å². The van der Waals surface area contributed by atoms with Gasteiger partial charge in [-0.15, -0.1) is 0 Å². The van der Waals surface area contributed by atoms with E-state index >= 15 is 0 Å². The van der Waals surface area contributed by atoms with Crippen LogP contribution in [0.5, 0.6) is 0 Å². The molecule has 2 N–H and O–H groups in total. The van der Waals surface area contributed by atoms with Crippen molar-refractivity contribution in [1.82, 2.24) is 0 Å². The van der Waals surface area contributed by atoms with Crippen molar-refractivity contribution < 1.29 is 29.3 Å². The van der Waals surface area contributed by atoms with Crippen molar-refractivity contribution >= 4 is 6.21 Å². The molecule has 0 amide bonds. The van der Waals surface area contributed by atoms with Crippen LogP contribution in [-0.4, -0.2) is 59.1 Å². The van der Waals surface area contributed by atoms with Gasteiger partial charge in [0.05, 0.1) is 12.8 Å². The second-order valence-corrected chi connectivity index (χ2v) is 7.83. The average Bonchev–Trinajstić information content (AvgIpc) is 3.19. The monoisotopic (exact) mass is 355 g/mol. The zero-order valence-corrected chi connectivity index (χ0v) is 14.6. The van der Waals surface area contributed by atoms with Gasteiger partial charge in [0.1, 0.15) is 24.4 Å². The fourth-order valence-corrected chi connectivity index (χ4v) is 4.74. The number of rotatable bonds is 3. The van der Waals surface area contributed by atoms with Gasteiger partial charge in [0.15, 0.2) is 11.6 Å². The van der Waals surface area contributed by atoms with E-state index < -0.39 is 36.0 Å². The average molecular weight is 355 g/mol. The summed E-state index contributed by atoms with van der Waals surface area (Å²) in [7, 11) is 0. The second-order valence-electron chi connectivity index (χ2n) is 7.83. The largest absolute Gasteiger partial charge is 0.411 e. The molecule has 4 aliphatic rings. The highest BCUT2D eigenvalue weighted by molar-refractivity contribution is 5.64. The first kappa shape index (κ1) is 17.7. The molecule has 2 saturated heterocycles. The first-order chi connectivity index (χ1) is 12.2. The molecule has 4 atom stereocenters. The van der Waals surface area contributed by atoms with E-state index in [1.165, 1.54) is 19.1 Å². The van der Waals surface area contributed by atoms with Gasteiger partial charge < -0.3 is 29.3 Å². The van der Waals surface area contributed by atoms with Gasteiger partial charge in [0.25, 0.3) is 0 Å². The molecule has 4 rings (SSSR count). The number of nitrogens with zero attached hydrogens (tertiary/aromatic N) is 1. The highest BCUT2D eigenvalue weighted by atomic mass is 16.8. The van der Waals surface area contributed by atoms with Gasteiger partial charge in [-0.3, -0.25) is 0 Å². The normalized spacial score (nSPS) is 38.7. The molecular weight excluding hydrogens is 326 g/mol. The van der Waals surface area contributed by atoms with Crippen LogP contribution in [0, 0.1) is 0 Å². The predicted molar refractivity (Wildman–Crippen MR) is 88.5 cm³/mol. The molecule has 2 aliphatic heterocycles. The lowest BCUT2D eigenvalue weighted by Crippen LogP contribution is -2.46. The highest BCUT2D eigenvalue weighted by Gasteiger charge is 2.54. The topological polar surface area (TPSA) is 89.7 Å². The van der Waals surface area contributed by atoms with Gasteiger partial charge >= 0.3 is 0 Å². The second kappa shape index (κ2) is 7.12. The van der Waals surface area contributed by atoms with Crippen molar-refractivity contribution in [3.8, 4) is 0 Å². The molecule has 0 radical (unpaired) electrons. The minimum absolute atomic E-state index is 0.358. The number of aliphatic hydroxyl groups excluding tert-OH is 1. The number of ether oxygens (including phenoxy) is 4. The summed E-state index contributed by atoms with van der Waals surface area (Å²) < 4.78 is 24.4. The van der Waals surface area contributed by atoms with Crippen LogP contribution < -0.4 is 0 Å². The summed E-state index contributed by atoms with van der Waals surface area (Å²) in [6, 6.07) is 0. The van der Waals surface area contributed by atoms with E-state index in [-0.39, 0.29) is 0 Å². The Morgan fingerprint density at radius 2 is 1.52 bits per heavy atom. The standard InChI is InChI=1S/C18H29NO6/c20-15(14-12-22-17(24-14)7-3-1-4-8-17)16-13(11-19-21)23-18(25-16)9-5-2-6-10-18/h11,13-16,20-21H,1-10,12H2/b19-11+/t13-,14-,15-,16-/m1/s1. The van der Waals surface area contributed by atoms with Crippen molar-refractivity contribution in [2.45, 2.75) is 100 Å². The molecule has 0 bridgehead atoms. The van der Waals surface area contributed by atoms with Gasteiger partial charge in [-0.05, 0) is 25.7 Å². The Bertz CT molecular complexity index is 486. The van der Waals surface area contributed by atoms with Gasteiger partial charge in [-0.1, -0.05) is 18.0 Å². The van der Waals surface area contributed by atoms with Gasteiger partial charge in [-0.25, -0.2) is 0 Å².